The molecule has 0 bridgehead atoms. The zero-order chi connectivity index (χ0) is 14.2. The Morgan fingerprint density at radius 2 is 2.21 bits per heavy atom. The first-order chi connectivity index (χ1) is 8.84. The molecule has 104 valence electrons. The Bertz CT molecular complexity index is 604. The van der Waals surface area contributed by atoms with Gasteiger partial charge in [-0.15, -0.1) is 0 Å². The lowest BCUT2D eigenvalue weighted by Gasteiger charge is -2.22. The zero-order valence-corrected chi connectivity index (χ0v) is 11.0. The van der Waals surface area contributed by atoms with E-state index < -0.39 is 33.8 Å². The number of hydrogen-bond donors (Lipinski definition) is 1. The lowest BCUT2D eigenvalue weighted by Crippen LogP contribution is -2.37. The third-order valence-electron chi connectivity index (χ3n) is 3.30. The minimum absolute atomic E-state index is 0.108. The molecule has 0 spiro atoms. The molecular formula is C11H13FN2O4S. The fraction of sp³-hybridized carbons (Fsp3) is 0.455. The summed E-state index contributed by atoms with van der Waals surface area (Å²) in [6.45, 7) is 1.65. The molecule has 0 aromatic carbocycles. The van der Waals surface area contributed by atoms with Gasteiger partial charge in [-0.3, -0.25) is 9.78 Å². The summed E-state index contributed by atoms with van der Waals surface area (Å²) in [5.41, 5.74) is 0. The average molecular weight is 288 g/mol. The van der Waals surface area contributed by atoms with Gasteiger partial charge in [0.1, 0.15) is 10.7 Å². The highest BCUT2D eigenvalue weighted by molar-refractivity contribution is 7.89. The second-order valence-corrected chi connectivity index (χ2v) is 6.32. The predicted octanol–water partition coefficient (Wildman–Crippen LogP) is 0.704. The van der Waals surface area contributed by atoms with E-state index in [0.717, 1.165) is 22.8 Å². The minimum atomic E-state index is -3.91. The van der Waals surface area contributed by atoms with E-state index >= 15 is 0 Å². The summed E-state index contributed by atoms with van der Waals surface area (Å²) in [7, 11) is -3.91. The van der Waals surface area contributed by atoms with Crippen LogP contribution < -0.4 is 0 Å². The fourth-order valence-electron chi connectivity index (χ4n) is 2.25. The van der Waals surface area contributed by atoms with Crippen molar-refractivity contribution < 1.29 is 22.7 Å². The number of carboxylic acids is 1. The third-order valence-corrected chi connectivity index (χ3v) is 5.25. The molecule has 1 aromatic rings. The number of hydrogen-bond acceptors (Lipinski definition) is 4. The lowest BCUT2D eigenvalue weighted by molar-refractivity contribution is -0.142. The van der Waals surface area contributed by atoms with Gasteiger partial charge in [0.25, 0.3) is 0 Å². The van der Waals surface area contributed by atoms with Gasteiger partial charge < -0.3 is 5.11 Å². The molecule has 0 radical (unpaired) electrons. The molecule has 0 aliphatic carbocycles. The van der Waals surface area contributed by atoms with Gasteiger partial charge in [0.05, 0.1) is 12.1 Å². The summed E-state index contributed by atoms with van der Waals surface area (Å²) in [5, 5.41) is 8.99. The van der Waals surface area contributed by atoms with Gasteiger partial charge in [-0.1, -0.05) is 0 Å². The van der Waals surface area contributed by atoms with E-state index in [1.54, 1.807) is 0 Å². The molecule has 19 heavy (non-hydrogen) atoms. The predicted molar refractivity (Wildman–Crippen MR) is 63.3 cm³/mol. The van der Waals surface area contributed by atoms with Crippen LogP contribution in [0.25, 0.3) is 0 Å². The van der Waals surface area contributed by atoms with Crippen LogP contribution >= 0.6 is 0 Å². The smallest absolute Gasteiger partial charge is 0.308 e. The van der Waals surface area contributed by atoms with Gasteiger partial charge in [0, 0.05) is 18.8 Å². The average Bonchev–Trinajstić information content (AvgIpc) is 2.71. The van der Waals surface area contributed by atoms with E-state index in [0.29, 0.717) is 0 Å². The number of sulfonamides is 1. The molecular weight excluding hydrogens is 275 g/mol. The molecule has 1 aliphatic heterocycles. The van der Waals surface area contributed by atoms with E-state index in [2.05, 4.69) is 4.98 Å². The van der Waals surface area contributed by atoms with Crippen LogP contribution in [0.3, 0.4) is 0 Å². The maximum atomic E-state index is 13.0. The molecule has 8 heteroatoms. The largest absolute Gasteiger partial charge is 0.481 e. The van der Waals surface area contributed by atoms with Crippen molar-refractivity contribution in [1.82, 2.24) is 9.29 Å². The standard InChI is InChI=1S/C11H13FN2O4S/c1-7-10(11(15)16)2-3-14(7)19(17,18)9-4-8(12)5-13-6-9/h4-7,10H,2-3H2,1H3,(H,15,16). The van der Waals surface area contributed by atoms with Crippen LogP contribution in [0.15, 0.2) is 23.4 Å². The van der Waals surface area contributed by atoms with E-state index in [9.17, 15) is 17.6 Å². The molecule has 0 saturated carbocycles. The number of aliphatic carboxylic acids is 1. The lowest BCUT2D eigenvalue weighted by atomic mass is 10.0. The summed E-state index contributed by atoms with van der Waals surface area (Å²) in [6, 6.07) is 0.217. The second kappa shape index (κ2) is 4.86. The quantitative estimate of drug-likeness (QED) is 0.884. The number of rotatable bonds is 3. The molecule has 0 amide bonds. The third kappa shape index (κ3) is 2.45. The van der Waals surface area contributed by atoms with Crippen LogP contribution in [0.2, 0.25) is 0 Å². The number of halogens is 1. The first-order valence-electron chi connectivity index (χ1n) is 5.69. The molecule has 1 saturated heterocycles. The maximum absolute atomic E-state index is 13.0. The Balaban J connectivity index is 2.34. The highest BCUT2D eigenvalue weighted by Crippen LogP contribution is 2.30. The van der Waals surface area contributed by atoms with Crippen molar-refractivity contribution in [3.05, 3.63) is 24.3 Å². The maximum Gasteiger partial charge on any atom is 0.308 e. The molecule has 2 unspecified atom stereocenters. The van der Waals surface area contributed by atoms with E-state index in [1.807, 2.05) is 0 Å². The highest BCUT2D eigenvalue weighted by Gasteiger charge is 2.42. The van der Waals surface area contributed by atoms with Crippen molar-refractivity contribution in [3.8, 4) is 0 Å². The Morgan fingerprint density at radius 3 is 2.74 bits per heavy atom. The van der Waals surface area contributed by atoms with Crippen LogP contribution in [0.1, 0.15) is 13.3 Å². The Hall–Kier alpha value is -1.54. The van der Waals surface area contributed by atoms with Gasteiger partial charge >= 0.3 is 5.97 Å². The van der Waals surface area contributed by atoms with Crippen molar-refractivity contribution in [1.29, 1.82) is 0 Å². The van der Waals surface area contributed by atoms with Crippen LogP contribution in [0.4, 0.5) is 4.39 Å². The molecule has 2 atom stereocenters. The number of nitrogens with zero attached hydrogens (tertiary/aromatic N) is 2. The summed E-state index contributed by atoms with van der Waals surface area (Å²) in [4.78, 5) is 14.2. The van der Waals surface area contributed by atoms with Crippen LogP contribution in [-0.2, 0) is 14.8 Å². The van der Waals surface area contributed by atoms with Crippen molar-refractivity contribution in [2.75, 3.05) is 6.54 Å². The molecule has 2 rings (SSSR count). The van der Waals surface area contributed by atoms with Crippen molar-refractivity contribution in [2.24, 2.45) is 5.92 Å². The van der Waals surface area contributed by atoms with Gasteiger partial charge in [0.15, 0.2) is 0 Å². The van der Waals surface area contributed by atoms with Gasteiger partial charge in [0.2, 0.25) is 10.0 Å². The Morgan fingerprint density at radius 1 is 1.53 bits per heavy atom. The van der Waals surface area contributed by atoms with Crippen molar-refractivity contribution in [3.63, 3.8) is 0 Å². The van der Waals surface area contributed by atoms with Crippen LogP contribution in [0.5, 0.6) is 0 Å². The first kappa shape index (κ1) is 13.9. The van der Waals surface area contributed by atoms with Gasteiger partial charge in [-0.25, -0.2) is 12.8 Å². The Kier molecular flexibility index (Phi) is 3.55. The molecule has 1 aliphatic rings. The number of carbonyl (C=O) groups is 1. The molecule has 2 heterocycles. The summed E-state index contributed by atoms with van der Waals surface area (Å²) >= 11 is 0. The van der Waals surface area contributed by atoms with Gasteiger partial charge in [-0.05, 0) is 19.4 Å². The van der Waals surface area contributed by atoms with Crippen LogP contribution in [0, 0.1) is 11.7 Å². The molecule has 1 N–H and O–H groups in total. The number of carboxylic acid groups (broad SMARTS) is 1. The summed E-state index contributed by atoms with van der Waals surface area (Å²) in [6.07, 6.45) is 2.21. The number of pyridine rings is 1. The second-order valence-electron chi connectivity index (χ2n) is 4.43. The normalized spacial score (nSPS) is 24.5. The highest BCUT2D eigenvalue weighted by atomic mass is 32.2. The number of aromatic nitrogens is 1. The van der Waals surface area contributed by atoms with E-state index in [1.165, 1.54) is 6.92 Å². The monoisotopic (exact) mass is 288 g/mol. The van der Waals surface area contributed by atoms with Crippen LogP contribution in [-0.4, -0.2) is 41.4 Å². The molecule has 6 nitrogen and oxygen atoms in total. The van der Waals surface area contributed by atoms with Crippen molar-refractivity contribution >= 4 is 16.0 Å². The first-order valence-corrected chi connectivity index (χ1v) is 7.13. The molecule has 1 fully saturated rings. The fourth-order valence-corrected chi connectivity index (χ4v) is 3.91. The SMILES string of the molecule is CC1C(C(=O)O)CCN1S(=O)(=O)c1cncc(F)c1. The topological polar surface area (TPSA) is 87.6 Å². The van der Waals surface area contributed by atoms with E-state index in [-0.39, 0.29) is 17.9 Å². The Labute approximate surface area is 109 Å². The summed E-state index contributed by atoms with van der Waals surface area (Å²) in [5.74, 6) is -2.51. The summed E-state index contributed by atoms with van der Waals surface area (Å²) < 4.78 is 38.7. The van der Waals surface area contributed by atoms with Gasteiger partial charge in [-0.2, -0.15) is 4.31 Å². The van der Waals surface area contributed by atoms with E-state index in [4.69, 9.17) is 5.11 Å². The zero-order valence-electron chi connectivity index (χ0n) is 10.2. The molecule has 1 aromatic heterocycles. The minimum Gasteiger partial charge on any atom is -0.481 e. The van der Waals surface area contributed by atoms with Crippen molar-refractivity contribution in [2.45, 2.75) is 24.3 Å².